The van der Waals surface area contributed by atoms with Crippen LogP contribution >= 0.6 is 0 Å². The standard InChI is InChI=1S/C15H25NO4/c1-2-3-4-5-6-10-19-12-13-20-11-9-16-14(17)7-8-15(16)18/h7-8H,2-6,9-13H2,1H3. The van der Waals surface area contributed by atoms with E-state index in [1.54, 1.807) is 0 Å². The summed E-state index contributed by atoms with van der Waals surface area (Å²) in [4.78, 5) is 23.6. The van der Waals surface area contributed by atoms with E-state index in [1.807, 2.05) is 0 Å². The summed E-state index contributed by atoms with van der Waals surface area (Å²) < 4.78 is 10.8. The predicted molar refractivity (Wildman–Crippen MR) is 76.3 cm³/mol. The van der Waals surface area contributed by atoms with Crippen LogP contribution in [0.4, 0.5) is 0 Å². The van der Waals surface area contributed by atoms with Gasteiger partial charge in [0.05, 0.1) is 26.4 Å². The second kappa shape index (κ2) is 10.6. The minimum atomic E-state index is -0.262. The molecular formula is C15H25NO4. The lowest BCUT2D eigenvalue weighted by Crippen LogP contribution is -2.33. The van der Waals surface area contributed by atoms with Gasteiger partial charge in [-0.2, -0.15) is 0 Å². The zero-order chi connectivity index (χ0) is 14.6. The van der Waals surface area contributed by atoms with Crippen molar-refractivity contribution in [2.45, 2.75) is 39.0 Å². The molecule has 0 unspecified atom stereocenters. The van der Waals surface area contributed by atoms with Gasteiger partial charge in [-0.3, -0.25) is 14.5 Å². The van der Waals surface area contributed by atoms with Gasteiger partial charge in [0, 0.05) is 18.8 Å². The first-order valence-corrected chi connectivity index (χ1v) is 7.44. The molecule has 0 bridgehead atoms. The van der Waals surface area contributed by atoms with Crippen molar-refractivity contribution in [2.75, 3.05) is 33.0 Å². The number of carbonyl (C=O) groups is 2. The molecule has 0 fully saturated rings. The van der Waals surface area contributed by atoms with Gasteiger partial charge >= 0.3 is 0 Å². The molecule has 0 saturated carbocycles. The molecule has 1 aliphatic rings. The highest BCUT2D eigenvalue weighted by Gasteiger charge is 2.22. The van der Waals surface area contributed by atoms with E-state index >= 15 is 0 Å². The van der Waals surface area contributed by atoms with Gasteiger partial charge in [0.2, 0.25) is 0 Å². The quantitative estimate of drug-likeness (QED) is 0.405. The Bertz CT molecular complexity index is 310. The highest BCUT2D eigenvalue weighted by Crippen LogP contribution is 2.03. The Hall–Kier alpha value is -1.20. The molecule has 1 rings (SSSR count). The number of imide groups is 1. The van der Waals surface area contributed by atoms with Gasteiger partial charge in [0.1, 0.15) is 0 Å². The van der Waals surface area contributed by atoms with E-state index in [0.717, 1.165) is 13.0 Å². The average molecular weight is 283 g/mol. The Balaban J connectivity index is 1.83. The fourth-order valence-electron chi connectivity index (χ4n) is 1.94. The zero-order valence-electron chi connectivity index (χ0n) is 12.3. The number of amides is 2. The Labute approximate surface area is 120 Å². The van der Waals surface area contributed by atoms with Gasteiger partial charge in [-0.25, -0.2) is 0 Å². The lowest BCUT2D eigenvalue weighted by molar-refractivity contribution is -0.137. The Morgan fingerprint density at radius 2 is 1.45 bits per heavy atom. The predicted octanol–water partition coefficient (Wildman–Crippen LogP) is 1.92. The van der Waals surface area contributed by atoms with Gasteiger partial charge < -0.3 is 9.47 Å². The lowest BCUT2D eigenvalue weighted by atomic mass is 10.2. The summed E-state index contributed by atoms with van der Waals surface area (Å²) in [6, 6.07) is 0. The van der Waals surface area contributed by atoms with E-state index in [-0.39, 0.29) is 11.8 Å². The lowest BCUT2D eigenvalue weighted by Gasteiger charge is -2.13. The fourth-order valence-corrected chi connectivity index (χ4v) is 1.94. The molecule has 1 heterocycles. The monoisotopic (exact) mass is 283 g/mol. The van der Waals surface area contributed by atoms with Crippen LogP contribution in [0.5, 0.6) is 0 Å². The average Bonchev–Trinajstić information content (AvgIpc) is 2.76. The van der Waals surface area contributed by atoms with Gasteiger partial charge in [0.25, 0.3) is 11.8 Å². The number of ether oxygens (including phenoxy) is 2. The number of carbonyl (C=O) groups excluding carboxylic acids is 2. The molecule has 114 valence electrons. The normalized spacial score (nSPS) is 14.6. The van der Waals surface area contributed by atoms with Crippen LogP contribution in [0.1, 0.15) is 39.0 Å². The Morgan fingerprint density at radius 3 is 2.10 bits per heavy atom. The van der Waals surface area contributed by atoms with Crippen LogP contribution in [-0.4, -0.2) is 49.7 Å². The van der Waals surface area contributed by atoms with Crippen LogP contribution in [-0.2, 0) is 19.1 Å². The second-order valence-corrected chi connectivity index (χ2v) is 4.80. The molecular weight excluding hydrogens is 258 g/mol. The second-order valence-electron chi connectivity index (χ2n) is 4.80. The molecule has 0 N–H and O–H groups in total. The van der Waals surface area contributed by atoms with Crippen LogP contribution in [0.2, 0.25) is 0 Å². The zero-order valence-corrected chi connectivity index (χ0v) is 12.3. The van der Waals surface area contributed by atoms with Crippen molar-refractivity contribution in [1.82, 2.24) is 4.90 Å². The van der Waals surface area contributed by atoms with Crippen molar-refractivity contribution in [3.63, 3.8) is 0 Å². The first-order valence-electron chi connectivity index (χ1n) is 7.44. The summed E-state index contributed by atoms with van der Waals surface area (Å²) in [5.41, 5.74) is 0. The van der Waals surface area contributed by atoms with E-state index in [4.69, 9.17) is 9.47 Å². The molecule has 5 nitrogen and oxygen atoms in total. The number of hydrogen-bond acceptors (Lipinski definition) is 4. The summed E-state index contributed by atoms with van der Waals surface area (Å²) in [7, 11) is 0. The summed E-state index contributed by atoms with van der Waals surface area (Å²) in [5.74, 6) is -0.524. The van der Waals surface area contributed by atoms with E-state index in [0.29, 0.717) is 26.4 Å². The molecule has 2 amide bonds. The van der Waals surface area contributed by atoms with E-state index in [1.165, 1.54) is 42.7 Å². The van der Waals surface area contributed by atoms with Gasteiger partial charge in [0.15, 0.2) is 0 Å². The Morgan fingerprint density at radius 1 is 0.850 bits per heavy atom. The molecule has 0 spiro atoms. The number of nitrogens with zero attached hydrogens (tertiary/aromatic N) is 1. The maximum Gasteiger partial charge on any atom is 0.253 e. The van der Waals surface area contributed by atoms with Crippen LogP contribution in [0.15, 0.2) is 12.2 Å². The molecule has 0 aromatic carbocycles. The van der Waals surface area contributed by atoms with Crippen LogP contribution in [0.3, 0.4) is 0 Å². The topological polar surface area (TPSA) is 55.8 Å². The first kappa shape index (κ1) is 16.9. The largest absolute Gasteiger partial charge is 0.379 e. The molecule has 0 aromatic heterocycles. The summed E-state index contributed by atoms with van der Waals surface area (Å²) in [5, 5.41) is 0. The van der Waals surface area contributed by atoms with E-state index in [9.17, 15) is 9.59 Å². The van der Waals surface area contributed by atoms with Crippen molar-refractivity contribution >= 4 is 11.8 Å². The summed E-state index contributed by atoms with van der Waals surface area (Å²) in [6.07, 6.45) is 8.72. The third kappa shape index (κ3) is 6.82. The highest BCUT2D eigenvalue weighted by atomic mass is 16.5. The van der Waals surface area contributed by atoms with Crippen molar-refractivity contribution in [3.05, 3.63) is 12.2 Å². The van der Waals surface area contributed by atoms with Gasteiger partial charge in [-0.05, 0) is 6.42 Å². The molecule has 0 aliphatic carbocycles. The summed E-state index contributed by atoms with van der Waals surface area (Å²) >= 11 is 0. The fraction of sp³-hybridized carbons (Fsp3) is 0.733. The number of rotatable bonds is 12. The minimum Gasteiger partial charge on any atom is -0.379 e. The van der Waals surface area contributed by atoms with Gasteiger partial charge in [-0.1, -0.05) is 32.6 Å². The van der Waals surface area contributed by atoms with Crippen LogP contribution < -0.4 is 0 Å². The van der Waals surface area contributed by atoms with E-state index < -0.39 is 0 Å². The molecule has 0 aromatic rings. The first-order chi connectivity index (χ1) is 9.75. The maximum atomic E-state index is 11.2. The third-order valence-corrected chi connectivity index (χ3v) is 3.12. The number of hydrogen-bond donors (Lipinski definition) is 0. The van der Waals surface area contributed by atoms with Crippen molar-refractivity contribution in [3.8, 4) is 0 Å². The smallest absolute Gasteiger partial charge is 0.253 e. The molecule has 0 atom stereocenters. The highest BCUT2D eigenvalue weighted by molar-refractivity contribution is 6.12. The maximum absolute atomic E-state index is 11.2. The molecule has 5 heteroatoms. The molecule has 1 aliphatic heterocycles. The Kier molecular flexibility index (Phi) is 8.91. The van der Waals surface area contributed by atoms with Gasteiger partial charge in [-0.15, -0.1) is 0 Å². The SMILES string of the molecule is CCCCCCCOCCOCCN1C(=O)C=CC1=O. The van der Waals surface area contributed by atoms with E-state index in [2.05, 4.69) is 6.92 Å². The third-order valence-electron chi connectivity index (χ3n) is 3.12. The molecule has 0 radical (unpaired) electrons. The van der Waals surface area contributed by atoms with Crippen LogP contribution in [0.25, 0.3) is 0 Å². The van der Waals surface area contributed by atoms with Crippen molar-refractivity contribution in [1.29, 1.82) is 0 Å². The van der Waals surface area contributed by atoms with Crippen molar-refractivity contribution < 1.29 is 19.1 Å². The van der Waals surface area contributed by atoms with Crippen molar-refractivity contribution in [2.24, 2.45) is 0 Å². The molecule has 0 saturated heterocycles. The number of unbranched alkanes of at least 4 members (excludes halogenated alkanes) is 4. The van der Waals surface area contributed by atoms with Crippen LogP contribution in [0, 0.1) is 0 Å². The minimum absolute atomic E-state index is 0.262. The summed E-state index contributed by atoms with van der Waals surface area (Å²) in [6.45, 7) is 4.71. The molecule has 20 heavy (non-hydrogen) atoms.